The molecule has 1 aromatic heterocycles. The van der Waals surface area contributed by atoms with Crippen molar-refractivity contribution in [3.63, 3.8) is 0 Å². The number of carbonyl (C=O) groups is 2. The summed E-state index contributed by atoms with van der Waals surface area (Å²) < 4.78 is 10.4. The number of ether oxygens (including phenoxy) is 2. The molecule has 23 heavy (non-hydrogen) atoms. The van der Waals surface area contributed by atoms with Gasteiger partial charge in [0.1, 0.15) is 11.6 Å². The number of esters is 1. The molecule has 1 unspecified atom stereocenters. The molecule has 1 amide bonds. The molecule has 0 fully saturated rings. The van der Waals surface area contributed by atoms with E-state index >= 15 is 0 Å². The van der Waals surface area contributed by atoms with Gasteiger partial charge >= 0.3 is 12.1 Å². The van der Waals surface area contributed by atoms with Crippen LogP contribution in [0.4, 0.5) is 4.79 Å². The number of nitrogens with one attached hydrogen (secondary N) is 1. The molecule has 0 radical (unpaired) electrons. The second-order valence-electron chi connectivity index (χ2n) is 6.24. The van der Waals surface area contributed by atoms with Crippen LogP contribution >= 0.6 is 0 Å². The standard InChI is InChI=1S/C15H21N3O5/c1-5-22-13(20)11-6-10-9(12(19)17-8-16-10)7-18(11)14(21)23-15(2,3)4/h8,11H,5-7H2,1-4H3,(H,16,17,19). The number of aromatic nitrogens is 2. The maximum Gasteiger partial charge on any atom is 0.411 e. The largest absolute Gasteiger partial charge is 0.464 e. The van der Waals surface area contributed by atoms with Gasteiger partial charge < -0.3 is 14.5 Å². The Balaban J connectivity index is 2.35. The Bertz CT molecular complexity index is 662. The zero-order valence-electron chi connectivity index (χ0n) is 13.7. The number of nitrogens with zero attached hydrogens (tertiary/aromatic N) is 2. The van der Waals surface area contributed by atoms with Crippen molar-refractivity contribution in [2.24, 2.45) is 0 Å². The van der Waals surface area contributed by atoms with Crippen LogP contribution in [0.2, 0.25) is 0 Å². The minimum atomic E-state index is -0.855. The van der Waals surface area contributed by atoms with Gasteiger partial charge in [-0.15, -0.1) is 0 Å². The Morgan fingerprint density at radius 3 is 2.74 bits per heavy atom. The van der Waals surface area contributed by atoms with Gasteiger partial charge in [-0.1, -0.05) is 0 Å². The van der Waals surface area contributed by atoms with E-state index in [1.807, 2.05) is 0 Å². The normalized spacial score (nSPS) is 17.4. The fourth-order valence-electron chi connectivity index (χ4n) is 2.34. The molecule has 2 rings (SSSR count). The van der Waals surface area contributed by atoms with E-state index in [4.69, 9.17) is 9.47 Å². The van der Waals surface area contributed by atoms with Gasteiger partial charge in [-0.25, -0.2) is 14.6 Å². The van der Waals surface area contributed by atoms with Crippen LogP contribution < -0.4 is 5.56 Å². The first-order valence-corrected chi connectivity index (χ1v) is 7.44. The minimum absolute atomic E-state index is 0.0447. The third-order valence-corrected chi connectivity index (χ3v) is 3.32. The highest BCUT2D eigenvalue weighted by Crippen LogP contribution is 2.22. The molecule has 2 heterocycles. The summed E-state index contributed by atoms with van der Waals surface area (Å²) in [6.07, 6.45) is 0.744. The van der Waals surface area contributed by atoms with Gasteiger partial charge in [0, 0.05) is 6.42 Å². The van der Waals surface area contributed by atoms with Crippen LogP contribution in [-0.2, 0) is 27.2 Å². The number of fused-ring (bicyclic) bond motifs is 1. The number of hydrogen-bond acceptors (Lipinski definition) is 6. The first-order valence-electron chi connectivity index (χ1n) is 7.44. The van der Waals surface area contributed by atoms with Crippen LogP contribution in [0.5, 0.6) is 0 Å². The Kier molecular flexibility index (Phi) is 4.72. The van der Waals surface area contributed by atoms with Crippen molar-refractivity contribution in [3.05, 3.63) is 27.9 Å². The van der Waals surface area contributed by atoms with Crippen molar-refractivity contribution >= 4 is 12.1 Å². The number of aromatic amines is 1. The molecule has 1 aliphatic rings. The zero-order valence-corrected chi connectivity index (χ0v) is 13.7. The Hall–Kier alpha value is -2.38. The highest BCUT2D eigenvalue weighted by Gasteiger charge is 2.39. The summed E-state index contributed by atoms with van der Waals surface area (Å²) in [5.74, 6) is -0.536. The lowest BCUT2D eigenvalue weighted by Gasteiger charge is -2.35. The Morgan fingerprint density at radius 1 is 1.43 bits per heavy atom. The van der Waals surface area contributed by atoms with Crippen LogP contribution in [0, 0.1) is 0 Å². The van der Waals surface area contributed by atoms with Gasteiger partial charge in [-0.3, -0.25) is 9.69 Å². The first-order chi connectivity index (χ1) is 10.7. The summed E-state index contributed by atoms with van der Waals surface area (Å²) in [6, 6.07) is -0.855. The zero-order chi connectivity index (χ0) is 17.2. The van der Waals surface area contributed by atoms with Crippen molar-refractivity contribution in [1.29, 1.82) is 0 Å². The number of carbonyl (C=O) groups excluding carboxylic acids is 2. The third kappa shape index (κ3) is 3.88. The van der Waals surface area contributed by atoms with Crippen molar-refractivity contribution in [2.75, 3.05) is 6.61 Å². The van der Waals surface area contributed by atoms with E-state index in [2.05, 4.69) is 9.97 Å². The average molecular weight is 323 g/mol. The number of rotatable bonds is 2. The summed E-state index contributed by atoms with van der Waals surface area (Å²) in [7, 11) is 0. The lowest BCUT2D eigenvalue weighted by atomic mass is 10.00. The average Bonchev–Trinajstić information content (AvgIpc) is 2.45. The van der Waals surface area contributed by atoms with Crippen molar-refractivity contribution in [3.8, 4) is 0 Å². The molecular formula is C15H21N3O5. The molecule has 1 aromatic rings. The molecule has 0 aliphatic carbocycles. The Morgan fingerprint density at radius 2 is 2.13 bits per heavy atom. The van der Waals surface area contributed by atoms with Gasteiger partial charge in [0.2, 0.25) is 0 Å². The summed E-state index contributed by atoms with van der Waals surface area (Å²) >= 11 is 0. The second kappa shape index (κ2) is 6.39. The topological polar surface area (TPSA) is 102 Å². The van der Waals surface area contributed by atoms with Crippen LogP contribution in [0.15, 0.2) is 11.1 Å². The van der Waals surface area contributed by atoms with E-state index in [1.165, 1.54) is 11.2 Å². The summed E-state index contributed by atoms with van der Waals surface area (Å²) in [4.78, 5) is 44.3. The van der Waals surface area contributed by atoms with Gasteiger partial charge in [-0.2, -0.15) is 0 Å². The lowest BCUT2D eigenvalue weighted by molar-refractivity contribution is -0.150. The predicted octanol–water partition coefficient (Wildman–Crippen LogP) is 0.995. The quantitative estimate of drug-likeness (QED) is 0.815. The van der Waals surface area contributed by atoms with Gasteiger partial charge in [0.25, 0.3) is 5.56 Å². The molecule has 0 bridgehead atoms. The van der Waals surface area contributed by atoms with Crippen LogP contribution in [-0.4, -0.2) is 45.2 Å². The Labute approximate surface area is 133 Å². The van der Waals surface area contributed by atoms with E-state index in [1.54, 1.807) is 27.7 Å². The molecule has 8 nitrogen and oxygen atoms in total. The molecular weight excluding hydrogens is 302 g/mol. The van der Waals surface area contributed by atoms with E-state index in [-0.39, 0.29) is 25.1 Å². The van der Waals surface area contributed by atoms with E-state index in [0.29, 0.717) is 11.3 Å². The van der Waals surface area contributed by atoms with E-state index < -0.39 is 23.7 Å². The van der Waals surface area contributed by atoms with Crippen LogP contribution in [0.3, 0.4) is 0 Å². The smallest absolute Gasteiger partial charge is 0.411 e. The van der Waals surface area contributed by atoms with Crippen LogP contribution in [0.1, 0.15) is 39.0 Å². The van der Waals surface area contributed by atoms with E-state index in [0.717, 1.165) is 0 Å². The van der Waals surface area contributed by atoms with Crippen molar-refractivity contribution < 1.29 is 19.1 Å². The van der Waals surface area contributed by atoms with Gasteiger partial charge in [0.15, 0.2) is 0 Å². The molecule has 0 aromatic carbocycles. The van der Waals surface area contributed by atoms with Crippen molar-refractivity contribution in [2.45, 2.75) is 52.3 Å². The number of hydrogen-bond donors (Lipinski definition) is 1. The van der Waals surface area contributed by atoms with Crippen molar-refractivity contribution in [1.82, 2.24) is 14.9 Å². The van der Waals surface area contributed by atoms with Gasteiger partial charge in [0.05, 0.1) is 30.7 Å². The molecule has 0 spiro atoms. The summed E-state index contributed by atoms with van der Waals surface area (Å²) in [5, 5.41) is 0. The number of H-pyrrole nitrogens is 1. The highest BCUT2D eigenvalue weighted by molar-refractivity contribution is 5.82. The lowest BCUT2D eigenvalue weighted by Crippen LogP contribution is -2.52. The molecule has 8 heteroatoms. The molecule has 1 N–H and O–H groups in total. The third-order valence-electron chi connectivity index (χ3n) is 3.32. The van der Waals surface area contributed by atoms with Gasteiger partial charge in [-0.05, 0) is 27.7 Å². The molecule has 126 valence electrons. The maximum absolute atomic E-state index is 12.4. The molecule has 0 saturated carbocycles. The first kappa shape index (κ1) is 17.0. The number of amides is 1. The van der Waals surface area contributed by atoms with E-state index in [9.17, 15) is 14.4 Å². The van der Waals surface area contributed by atoms with Crippen LogP contribution in [0.25, 0.3) is 0 Å². The molecule has 1 aliphatic heterocycles. The maximum atomic E-state index is 12.4. The fraction of sp³-hybridized carbons (Fsp3) is 0.600. The SMILES string of the molecule is CCOC(=O)C1Cc2nc[nH]c(=O)c2CN1C(=O)OC(C)(C)C. The second-order valence-corrected chi connectivity index (χ2v) is 6.24. The monoisotopic (exact) mass is 323 g/mol. The molecule has 0 saturated heterocycles. The minimum Gasteiger partial charge on any atom is -0.464 e. The highest BCUT2D eigenvalue weighted by atomic mass is 16.6. The molecule has 1 atom stereocenters. The predicted molar refractivity (Wildman–Crippen MR) is 80.8 cm³/mol. The fourth-order valence-corrected chi connectivity index (χ4v) is 2.34. The summed E-state index contributed by atoms with van der Waals surface area (Å²) in [5.41, 5.74) is -0.186. The summed E-state index contributed by atoms with van der Waals surface area (Å²) in [6.45, 7) is 7.04.